The normalized spacial score (nSPS) is 9.15. The Balaban J connectivity index is 3.02. The number of hydrogen-bond acceptors (Lipinski definition) is 5. The molecule has 0 fully saturated rings. The van der Waals surface area contributed by atoms with Crippen molar-refractivity contribution in [2.45, 2.75) is 13.3 Å². The van der Waals surface area contributed by atoms with Gasteiger partial charge in [0.1, 0.15) is 6.42 Å². The van der Waals surface area contributed by atoms with E-state index in [2.05, 4.69) is 11.8 Å². The van der Waals surface area contributed by atoms with Crippen molar-refractivity contribution in [2.24, 2.45) is 0 Å². The Kier molecular flexibility index (Phi) is 6.11. The molecule has 20 heavy (non-hydrogen) atoms. The third-order valence-corrected chi connectivity index (χ3v) is 2.44. The standard InChI is InChI=1S/C15H16O5/c1-4-20-15(17)7-5-6-11-8-13(18-2)14(19-3)9-12(11)10-16/h8-10H,4,7H2,1-3H3. The lowest BCUT2D eigenvalue weighted by molar-refractivity contribution is -0.141. The Hall–Kier alpha value is -2.48. The van der Waals surface area contributed by atoms with E-state index in [0.717, 1.165) is 0 Å². The van der Waals surface area contributed by atoms with Crippen molar-refractivity contribution in [3.05, 3.63) is 23.3 Å². The minimum absolute atomic E-state index is 0.0273. The molecular formula is C15H16O5. The van der Waals surface area contributed by atoms with Gasteiger partial charge >= 0.3 is 5.97 Å². The highest BCUT2D eigenvalue weighted by Gasteiger charge is 2.09. The SMILES string of the molecule is CCOC(=O)CC#Cc1cc(OC)c(OC)cc1C=O. The smallest absolute Gasteiger partial charge is 0.317 e. The number of benzene rings is 1. The quantitative estimate of drug-likeness (QED) is 0.466. The molecule has 5 nitrogen and oxygen atoms in total. The molecule has 1 rings (SSSR count). The first kappa shape index (κ1) is 15.6. The van der Waals surface area contributed by atoms with Crippen molar-refractivity contribution < 1.29 is 23.8 Å². The summed E-state index contributed by atoms with van der Waals surface area (Å²) in [5.74, 6) is 5.96. The number of carbonyl (C=O) groups is 2. The molecule has 0 aliphatic rings. The van der Waals surface area contributed by atoms with Gasteiger partial charge in [0.2, 0.25) is 0 Å². The molecule has 0 aliphatic carbocycles. The molecule has 0 saturated carbocycles. The Morgan fingerprint density at radius 1 is 1.25 bits per heavy atom. The van der Waals surface area contributed by atoms with E-state index in [4.69, 9.17) is 14.2 Å². The van der Waals surface area contributed by atoms with Gasteiger partial charge in [-0.2, -0.15) is 0 Å². The van der Waals surface area contributed by atoms with Crippen molar-refractivity contribution >= 4 is 12.3 Å². The summed E-state index contributed by atoms with van der Waals surface area (Å²) in [6.07, 6.45) is 0.650. The van der Waals surface area contributed by atoms with E-state index < -0.39 is 5.97 Å². The summed E-state index contributed by atoms with van der Waals surface area (Å²) in [6, 6.07) is 3.14. The molecule has 5 heteroatoms. The minimum atomic E-state index is -0.395. The summed E-state index contributed by atoms with van der Waals surface area (Å²) in [6.45, 7) is 2.04. The topological polar surface area (TPSA) is 61.8 Å². The summed E-state index contributed by atoms with van der Waals surface area (Å²) >= 11 is 0. The van der Waals surface area contributed by atoms with Gasteiger partial charge in [-0.1, -0.05) is 11.8 Å². The average Bonchev–Trinajstić information content (AvgIpc) is 2.46. The molecule has 0 aromatic heterocycles. The maximum atomic E-state index is 11.2. The first-order valence-corrected chi connectivity index (χ1v) is 6.01. The van der Waals surface area contributed by atoms with Gasteiger partial charge in [0.05, 0.1) is 20.8 Å². The Morgan fingerprint density at radius 3 is 2.45 bits per heavy atom. The summed E-state index contributed by atoms with van der Waals surface area (Å²) in [4.78, 5) is 22.2. The predicted octanol–water partition coefficient (Wildman–Crippen LogP) is 1.82. The third kappa shape index (κ3) is 4.02. The van der Waals surface area contributed by atoms with Gasteiger partial charge < -0.3 is 14.2 Å². The zero-order valence-electron chi connectivity index (χ0n) is 11.7. The number of carbonyl (C=O) groups excluding carboxylic acids is 2. The van der Waals surface area contributed by atoms with Gasteiger partial charge in [-0.15, -0.1) is 0 Å². The monoisotopic (exact) mass is 276 g/mol. The second kappa shape index (κ2) is 7.85. The third-order valence-electron chi connectivity index (χ3n) is 2.44. The van der Waals surface area contributed by atoms with Crippen molar-refractivity contribution in [3.8, 4) is 23.3 Å². The van der Waals surface area contributed by atoms with Gasteiger partial charge in [-0.25, -0.2) is 0 Å². The van der Waals surface area contributed by atoms with Crippen LogP contribution in [-0.2, 0) is 9.53 Å². The predicted molar refractivity (Wildman–Crippen MR) is 73.1 cm³/mol. The second-order valence-corrected chi connectivity index (χ2v) is 3.70. The zero-order valence-corrected chi connectivity index (χ0v) is 11.7. The summed E-state index contributed by atoms with van der Waals surface area (Å²) < 4.78 is 15.0. The van der Waals surface area contributed by atoms with Crippen LogP contribution in [0, 0.1) is 11.8 Å². The molecule has 0 amide bonds. The molecule has 0 N–H and O–H groups in total. The van der Waals surface area contributed by atoms with Crippen LogP contribution < -0.4 is 9.47 Å². The number of rotatable bonds is 5. The summed E-state index contributed by atoms with van der Waals surface area (Å²) in [7, 11) is 2.98. The molecule has 1 aromatic rings. The van der Waals surface area contributed by atoms with Crippen LogP contribution in [0.3, 0.4) is 0 Å². The largest absolute Gasteiger partial charge is 0.493 e. The molecule has 0 spiro atoms. The Labute approximate surface area is 117 Å². The first-order chi connectivity index (χ1) is 9.65. The van der Waals surface area contributed by atoms with E-state index in [-0.39, 0.29) is 6.42 Å². The highest BCUT2D eigenvalue weighted by Crippen LogP contribution is 2.29. The first-order valence-electron chi connectivity index (χ1n) is 6.01. The molecule has 0 heterocycles. The lowest BCUT2D eigenvalue weighted by Gasteiger charge is -2.09. The van der Waals surface area contributed by atoms with Crippen molar-refractivity contribution in [1.82, 2.24) is 0 Å². The summed E-state index contributed by atoms with van der Waals surface area (Å²) in [5, 5.41) is 0. The number of ether oxygens (including phenoxy) is 3. The van der Waals surface area contributed by atoms with Crippen molar-refractivity contribution in [2.75, 3.05) is 20.8 Å². The van der Waals surface area contributed by atoms with Crippen LogP contribution in [0.15, 0.2) is 12.1 Å². The molecular weight excluding hydrogens is 260 g/mol. The van der Waals surface area contributed by atoms with E-state index in [1.807, 2.05) is 0 Å². The molecule has 0 aliphatic heterocycles. The van der Waals surface area contributed by atoms with Gasteiger partial charge in [0.25, 0.3) is 0 Å². The fourth-order valence-corrected chi connectivity index (χ4v) is 1.52. The van der Waals surface area contributed by atoms with Crippen LogP contribution >= 0.6 is 0 Å². The fourth-order valence-electron chi connectivity index (χ4n) is 1.52. The second-order valence-electron chi connectivity index (χ2n) is 3.70. The van der Waals surface area contributed by atoms with Crippen molar-refractivity contribution in [3.63, 3.8) is 0 Å². The molecule has 0 radical (unpaired) electrons. The molecule has 0 atom stereocenters. The van der Waals surface area contributed by atoms with Gasteiger partial charge in [-0.05, 0) is 13.0 Å². The number of hydrogen-bond donors (Lipinski definition) is 0. The van der Waals surface area contributed by atoms with Crippen LogP contribution in [0.4, 0.5) is 0 Å². The number of aldehydes is 1. The lowest BCUT2D eigenvalue weighted by atomic mass is 10.1. The van der Waals surface area contributed by atoms with Crippen LogP contribution in [0.1, 0.15) is 29.3 Å². The molecule has 0 bridgehead atoms. The van der Waals surface area contributed by atoms with Crippen LogP contribution in [0.25, 0.3) is 0 Å². The number of esters is 1. The van der Waals surface area contributed by atoms with E-state index in [1.54, 1.807) is 19.1 Å². The van der Waals surface area contributed by atoms with E-state index >= 15 is 0 Å². The highest BCUT2D eigenvalue weighted by atomic mass is 16.5. The lowest BCUT2D eigenvalue weighted by Crippen LogP contribution is -2.01. The zero-order chi connectivity index (χ0) is 15.0. The molecule has 106 valence electrons. The highest BCUT2D eigenvalue weighted by molar-refractivity contribution is 5.81. The fraction of sp³-hybridized carbons (Fsp3) is 0.333. The Bertz CT molecular complexity index is 551. The van der Waals surface area contributed by atoms with Gasteiger partial charge in [0, 0.05) is 17.2 Å². The Morgan fingerprint density at radius 2 is 1.90 bits per heavy atom. The maximum Gasteiger partial charge on any atom is 0.317 e. The van der Waals surface area contributed by atoms with Gasteiger partial charge in [0.15, 0.2) is 17.8 Å². The van der Waals surface area contributed by atoms with Crippen LogP contribution in [-0.4, -0.2) is 33.1 Å². The molecule has 1 aromatic carbocycles. The van der Waals surface area contributed by atoms with E-state index in [1.165, 1.54) is 14.2 Å². The minimum Gasteiger partial charge on any atom is -0.493 e. The van der Waals surface area contributed by atoms with E-state index in [9.17, 15) is 9.59 Å². The molecule has 0 unspecified atom stereocenters. The summed E-state index contributed by atoms with van der Waals surface area (Å²) in [5.41, 5.74) is 0.848. The van der Waals surface area contributed by atoms with E-state index in [0.29, 0.717) is 35.5 Å². The maximum absolute atomic E-state index is 11.2. The van der Waals surface area contributed by atoms with Gasteiger partial charge in [-0.3, -0.25) is 9.59 Å². The molecule has 0 saturated heterocycles. The average molecular weight is 276 g/mol. The van der Waals surface area contributed by atoms with Crippen LogP contribution in [0.2, 0.25) is 0 Å². The van der Waals surface area contributed by atoms with Crippen molar-refractivity contribution in [1.29, 1.82) is 0 Å². The number of methoxy groups -OCH3 is 2. The van der Waals surface area contributed by atoms with Crippen LogP contribution in [0.5, 0.6) is 11.5 Å².